The van der Waals surface area contributed by atoms with Crippen molar-refractivity contribution < 1.29 is 19.5 Å². The van der Waals surface area contributed by atoms with Gasteiger partial charge < -0.3 is 26.0 Å². The molecule has 1 aromatic carbocycles. The number of benzene rings is 1. The lowest BCUT2D eigenvalue weighted by atomic mass is 10.1. The lowest BCUT2D eigenvalue weighted by molar-refractivity contribution is -0.140. The first-order valence-electron chi connectivity index (χ1n) is 12.2. The van der Waals surface area contributed by atoms with Gasteiger partial charge in [-0.25, -0.2) is 0 Å². The van der Waals surface area contributed by atoms with Gasteiger partial charge >= 0.3 is 0 Å². The molecular weight excluding hydrogens is 432 g/mol. The number of hydrogen-bond donors (Lipinski definition) is 4. The number of carbonyl (C=O) groups excluding carboxylic acids is 3. The highest BCUT2D eigenvalue weighted by molar-refractivity contribution is 5.89. The minimum absolute atomic E-state index is 0.116. The van der Waals surface area contributed by atoms with Gasteiger partial charge in [0, 0.05) is 36.5 Å². The van der Waals surface area contributed by atoms with Gasteiger partial charge in [0.15, 0.2) is 0 Å². The number of hydrogen-bond acceptors (Lipinski definition) is 5. The molecule has 182 valence electrons. The molecule has 34 heavy (non-hydrogen) atoms. The van der Waals surface area contributed by atoms with E-state index in [-0.39, 0.29) is 36.2 Å². The van der Waals surface area contributed by atoms with E-state index in [0.717, 1.165) is 11.1 Å². The standard InChI is InChI=1S/C26H34N4O4/c1-16(2)26(34)30-15-20(29-25(33)23-22(31)11-12-27-23)13-21(30)24(32)28-14-19-9-7-18(8-10-19)6-5-17-3-4-17/h7-10,16-17,20-23,27,31H,3-4,11-15H2,1-2H3,(H,28,32)(H,29,33)/t20-,21-,22-,23+/m1/s1. The molecule has 3 amide bonds. The van der Waals surface area contributed by atoms with Crippen LogP contribution in [0, 0.1) is 23.7 Å². The second-order valence-corrected chi connectivity index (χ2v) is 9.85. The van der Waals surface area contributed by atoms with Crippen molar-refractivity contribution in [2.75, 3.05) is 13.1 Å². The van der Waals surface area contributed by atoms with Crippen molar-refractivity contribution >= 4 is 17.7 Å². The number of carbonyl (C=O) groups is 3. The Kier molecular flexibility index (Phi) is 7.54. The molecule has 3 aliphatic rings. The molecule has 4 N–H and O–H groups in total. The Morgan fingerprint density at radius 1 is 1.15 bits per heavy atom. The number of aliphatic hydroxyl groups excluding tert-OH is 1. The molecule has 0 bridgehead atoms. The SMILES string of the molecule is CC(C)C(=O)N1C[C@H](NC(=O)[C@H]2NCC[C@H]2O)C[C@@H]1C(=O)NCc1ccc(C#CC2CC2)cc1. The topological polar surface area (TPSA) is 111 Å². The van der Waals surface area contributed by atoms with Crippen LogP contribution < -0.4 is 16.0 Å². The number of aliphatic hydroxyl groups is 1. The third kappa shape index (κ3) is 5.96. The van der Waals surface area contributed by atoms with E-state index in [1.54, 1.807) is 18.7 Å². The lowest BCUT2D eigenvalue weighted by Crippen LogP contribution is -2.50. The van der Waals surface area contributed by atoms with Crippen molar-refractivity contribution in [2.45, 2.75) is 70.3 Å². The summed E-state index contributed by atoms with van der Waals surface area (Å²) in [5.41, 5.74) is 1.92. The van der Waals surface area contributed by atoms with Crippen molar-refractivity contribution in [1.82, 2.24) is 20.9 Å². The van der Waals surface area contributed by atoms with E-state index in [1.807, 2.05) is 24.3 Å². The molecular formula is C26H34N4O4. The Bertz CT molecular complexity index is 977. The first-order valence-corrected chi connectivity index (χ1v) is 12.2. The summed E-state index contributed by atoms with van der Waals surface area (Å²) < 4.78 is 0. The van der Waals surface area contributed by atoms with Crippen LogP contribution >= 0.6 is 0 Å². The maximum atomic E-state index is 13.1. The Balaban J connectivity index is 1.35. The molecule has 8 heteroatoms. The average Bonchev–Trinajstić information content (AvgIpc) is 3.40. The summed E-state index contributed by atoms with van der Waals surface area (Å²) in [7, 11) is 0. The molecule has 3 fully saturated rings. The van der Waals surface area contributed by atoms with Gasteiger partial charge in [-0.1, -0.05) is 37.8 Å². The summed E-state index contributed by atoms with van der Waals surface area (Å²) in [5.74, 6) is 6.07. The fourth-order valence-corrected chi connectivity index (χ4v) is 4.44. The van der Waals surface area contributed by atoms with Crippen LogP contribution in [0.1, 0.15) is 50.7 Å². The predicted molar refractivity (Wildman–Crippen MR) is 127 cm³/mol. The van der Waals surface area contributed by atoms with Crippen molar-refractivity contribution in [3.8, 4) is 11.8 Å². The molecule has 2 aliphatic heterocycles. The summed E-state index contributed by atoms with van der Waals surface area (Å²) in [6.45, 7) is 4.81. The van der Waals surface area contributed by atoms with Crippen LogP contribution in [0.15, 0.2) is 24.3 Å². The van der Waals surface area contributed by atoms with Crippen LogP contribution in [0.4, 0.5) is 0 Å². The van der Waals surface area contributed by atoms with E-state index in [1.165, 1.54) is 12.8 Å². The van der Waals surface area contributed by atoms with Crippen molar-refractivity contribution in [3.05, 3.63) is 35.4 Å². The Morgan fingerprint density at radius 2 is 1.88 bits per heavy atom. The summed E-state index contributed by atoms with van der Waals surface area (Å²) in [6, 6.07) is 6.17. The summed E-state index contributed by atoms with van der Waals surface area (Å²) in [5, 5.41) is 18.8. The van der Waals surface area contributed by atoms with Gasteiger partial charge in [-0.15, -0.1) is 0 Å². The molecule has 0 spiro atoms. The van der Waals surface area contributed by atoms with Crippen LogP contribution in [-0.4, -0.2) is 65.0 Å². The average molecular weight is 467 g/mol. The Morgan fingerprint density at radius 3 is 2.50 bits per heavy atom. The van der Waals surface area contributed by atoms with E-state index < -0.39 is 18.2 Å². The first-order chi connectivity index (χ1) is 16.3. The Hall–Kier alpha value is -2.89. The number of amides is 3. The maximum Gasteiger partial charge on any atom is 0.243 e. The van der Waals surface area contributed by atoms with E-state index >= 15 is 0 Å². The monoisotopic (exact) mass is 466 g/mol. The van der Waals surface area contributed by atoms with Gasteiger partial charge in [0.1, 0.15) is 12.1 Å². The molecule has 8 nitrogen and oxygen atoms in total. The molecule has 0 radical (unpaired) electrons. The van der Waals surface area contributed by atoms with Crippen molar-refractivity contribution in [3.63, 3.8) is 0 Å². The number of rotatable bonds is 6. The summed E-state index contributed by atoms with van der Waals surface area (Å²) in [6.07, 6.45) is 2.53. The first kappa shape index (κ1) is 24.2. The van der Waals surface area contributed by atoms with E-state index in [9.17, 15) is 19.5 Å². The third-order valence-corrected chi connectivity index (χ3v) is 6.62. The van der Waals surface area contributed by atoms with Gasteiger partial charge in [-0.05, 0) is 49.9 Å². The van der Waals surface area contributed by atoms with Crippen LogP contribution in [-0.2, 0) is 20.9 Å². The molecule has 4 rings (SSSR count). The molecule has 1 saturated carbocycles. The van der Waals surface area contributed by atoms with E-state index in [2.05, 4.69) is 27.8 Å². The molecule has 0 aromatic heterocycles. The van der Waals surface area contributed by atoms with Crippen LogP contribution in [0.25, 0.3) is 0 Å². The van der Waals surface area contributed by atoms with E-state index in [0.29, 0.717) is 31.8 Å². The smallest absolute Gasteiger partial charge is 0.243 e. The number of nitrogens with one attached hydrogen (secondary N) is 3. The molecule has 1 aromatic rings. The fourth-order valence-electron chi connectivity index (χ4n) is 4.44. The second kappa shape index (κ2) is 10.6. The second-order valence-electron chi connectivity index (χ2n) is 9.85. The zero-order chi connectivity index (χ0) is 24.2. The highest BCUT2D eigenvalue weighted by Crippen LogP contribution is 2.27. The minimum Gasteiger partial charge on any atom is -0.391 e. The lowest BCUT2D eigenvalue weighted by Gasteiger charge is -2.25. The third-order valence-electron chi connectivity index (χ3n) is 6.62. The van der Waals surface area contributed by atoms with Gasteiger partial charge in [-0.2, -0.15) is 0 Å². The summed E-state index contributed by atoms with van der Waals surface area (Å²) >= 11 is 0. The normalized spacial score (nSPS) is 26.2. The summed E-state index contributed by atoms with van der Waals surface area (Å²) in [4.78, 5) is 40.0. The van der Waals surface area contributed by atoms with Gasteiger partial charge in [0.05, 0.1) is 6.10 Å². The zero-order valence-electron chi connectivity index (χ0n) is 19.8. The minimum atomic E-state index is -0.722. The van der Waals surface area contributed by atoms with Crippen molar-refractivity contribution in [2.24, 2.45) is 11.8 Å². The molecule has 4 atom stereocenters. The molecule has 1 aliphatic carbocycles. The predicted octanol–water partition coefficient (Wildman–Crippen LogP) is 0.529. The number of nitrogens with zero attached hydrogens (tertiary/aromatic N) is 1. The highest BCUT2D eigenvalue weighted by Gasteiger charge is 2.42. The quantitative estimate of drug-likeness (QED) is 0.457. The fraction of sp³-hybridized carbons (Fsp3) is 0.577. The van der Waals surface area contributed by atoms with Crippen LogP contribution in [0.5, 0.6) is 0 Å². The zero-order valence-corrected chi connectivity index (χ0v) is 19.8. The van der Waals surface area contributed by atoms with Crippen molar-refractivity contribution in [1.29, 1.82) is 0 Å². The molecule has 2 heterocycles. The maximum absolute atomic E-state index is 13.1. The van der Waals surface area contributed by atoms with E-state index in [4.69, 9.17) is 0 Å². The Labute approximate surface area is 200 Å². The molecule has 0 unspecified atom stereocenters. The van der Waals surface area contributed by atoms with Crippen LogP contribution in [0.2, 0.25) is 0 Å². The van der Waals surface area contributed by atoms with Gasteiger partial charge in [-0.3, -0.25) is 14.4 Å². The largest absolute Gasteiger partial charge is 0.391 e. The molecule has 2 saturated heterocycles. The van der Waals surface area contributed by atoms with Gasteiger partial charge in [0.2, 0.25) is 17.7 Å². The van der Waals surface area contributed by atoms with Gasteiger partial charge in [0.25, 0.3) is 0 Å². The number of likely N-dealkylation sites (tertiary alicyclic amines) is 1. The highest BCUT2D eigenvalue weighted by atomic mass is 16.3. The van der Waals surface area contributed by atoms with Crippen LogP contribution in [0.3, 0.4) is 0 Å².